The van der Waals surface area contributed by atoms with Gasteiger partial charge in [0.25, 0.3) is 5.91 Å². The van der Waals surface area contributed by atoms with E-state index in [2.05, 4.69) is 57.5 Å². The third-order valence-electron chi connectivity index (χ3n) is 15.0. The van der Waals surface area contributed by atoms with Crippen molar-refractivity contribution in [2.75, 3.05) is 11.9 Å². The van der Waals surface area contributed by atoms with Crippen LogP contribution >= 0.6 is 11.6 Å². The van der Waals surface area contributed by atoms with E-state index in [1.165, 1.54) is 4.90 Å². The van der Waals surface area contributed by atoms with Crippen LogP contribution in [0.5, 0.6) is 0 Å². The second-order valence-electron chi connectivity index (χ2n) is 18.7. The molecule has 324 valence electrons. The first-order valence-corrected chi connectivity index (χ1v) is 22.9. The number of halogens is 1. The highest BCUT2D eigenvalue weighted by Gasteiger charge is 2.74. The van der Waals surface area contributed by atoms with E-state index in [1.807, 2.05) is 36.4 Å². The average molecular weight is 859 g/mol. The number of hydrogen-bond donors (Lipinski definition) is 5. The third kappa shape index (κ3) is 7.25. The van der Waals surface area contributed by atoms with Crippen LogP contribution in [-0.2, 0) is 35.9 Å². The van der Waals surface area contributed by atoms with Crippen molar-refractivity contribution in [3.8, 4) is 11.8 Å². The van der Waals surface area contributed by atoms with Crippen LogP contribution in [0.4, 0.5) is 5.69 Å². The lowest BCUT2D eigenvalue weighted by Crippen LogP contribution is -2.62. The van der Waals surface area contributed by atoms with Gasteiger partial charge in [0.1, 0.15) is 11.5 Å². The first kappa shape index (κ1) is 42.1. The molecule has 4 heterocycles. The predicted molar refractivity (Wildman–Crippen MR) is 234 cm³/mol. The van der Waals surface area contributed by atoms with E-state index >= 15 is 0 Å². The Morgan fingerprint density at radius 1 is 0.952 bits per heavy atom. The third-order valence-corrected chi connectivity index (χ3v) is 15.2. The van der Waals surface area contributed by atoms with E-state index in [0.29, 0.717) is 68.5 Å². The summed E-state index contributed by atoms with van der Waals surface area (Å²) in [4.78, 5) is 81.6. The molecule has 0 radical (unpaired) electrons. The van der Waals surface area contributed by atoms with Gasteiger partial charge in [0.05, 0.1) is 6.04 Å². The Labute approximate surface area is 367 Å². The first-order chi connectivity index (χ1) is 29.9. The molecule has 0 bridgehead atoms. The monoisotopic (exact) mass is 858 g/mol. The fourth-order valence-corrected chi connectivity index (χ4v) is 12.3. The number of rotatable bonds is 8. The summed E-state index contributed by atoms with van der Waals surface area (Å²) < 4.78 is 0. The number of anilines is 1. The molecule has 2 saturated carbocycles. The number of hydrogen-bond acceptors (Lipinski definition) is 7. The standard InChI is InChI=1S/C49H55ClN6O6/c1-47(23-6-3-7-24-47)41-40(55-48(25-8-4-9-26-48)49(41)36-20-17-32(50)28-37(36)53-46(49)62)44(60)52-33-18-15-31(16-19-33)42(58)51-27-10-2-5-12-30-13-11-14-34-35(30)29-56(45(34)61)38-21-22-39(57)54-43(38)59/h3,6-7,11,13-14,17,20,23,28,31,33,38,40-41,55H,2,4,8-10,15-16,18-19,21-22,24-27,29H2,1H3,(H,51,58)(H,52,60)(H,53,62)(H,54,57,59)/t31?,33?,38?,40-,41-,47?,49-/m1/s1. The van der Waals surface area contributed by atoms with Crippen molar-refractivity contribution in [1.82, 2.24) is 26.2 Å². The number of amides is 6. The highest BCUT2D eigenvalue weighted by Crippen LogP contribution is 2.64. The molecule has 2 aromatic carbocycles. The molecule has 2 saturated heterocycles. The lowest BCUT2D eigenvalue weighted by molar-refractivity contribution is -0.137. The number of carbonyl (C=O) groups is 6. The molecule has 2 unspecified atom stereocenters. The zero-order valence-corrected chi connectivity index (χ0v) is 36.0. The number of imide groups is 1. The van der Waals surface area contributed by atoms with E-state index < -0.39 is 34.4 Å². The van der Waals surface area contributed by atoms with Crippen LogP contribution in [-0.4, -0.2) is 70.6 Å². The van der Waals surface area contributed by atoms with Crippen molar-refractivity contribution in [1.29, 1.82) is 0 Å². The zero-order chi connectivity index (χ0) is 43.2. The molecule has 7 aliphatic rings. The van der Waals surface area contributed by atoms with Crippen LogP contribution in [0.2, 0.25) is 5.02 Å². The number of allylic oxidation sites excluding steroid dienone is 4. The van der Waals surface area contributed by atoms with Gasteiger partial charge in [0, 0.05) is 71.2 Å². The highest BCUT2D eigenvalue weighted by atomic mass is 35.5. The quantitative estimate of drug-likeness (QED) is 0.129. The number of nitrogens with zero attached hydrogens (tertiary/aromatic N) is 1. The summed E-state index contributed by atoms with van der Waals surface area (Å²) in [5.41, 5.74) is 1.69. The molecule has 5 N–H and O–H groups in total. The van der Waals surface area contributed by atoms with Crippen LogP contribution in [0.3, 0.4) is 0 Å². The van der Waals surface area contributed by atoms with E-state index in [-0.39, 0.29) is 60.4 Å². The molecule has 2 spiro atoms. The SMILES string of the molecule is CC1([C@H]2[C@H](C(=O)NC3CCC(C(=O)NCCCC#Cc4cccc5c4CN(C4CCC(=O)NC4=O)C5=O)CC3)NC3(CCCCC3)[C@@]23C(=O)Nc2cc(Cl)ccc23)C=CC=CC1. The van der Waals surface area contributed by atoms with Gasteiger partial charge in [-0.3, -0.25) is 39.4 Å². The molecule has 0 aromatic heterocycles. The number of piperidine rings is 1. The van der Waals surface area contributed by atoms with Crippen molar-refractivity contribution in [2.24, 2.45) is 17.3 Å². The summed E-state index contributed by atoms with van der Waals surface area (Å²) in [5, 5.41) is 16.5. The van der Waals surface area contributed by atoms with Crippen LogP contribution in [0.15, 0.2) is 60.7 Å². The van der Waals surface area contributed by atoms with Gasteiger partial charge in [-0.25, -0.2) is 0 Å². The number of benzene rings is 2. The van der Waals surface area contributed by atoms with Gasteiger partial charge in [0.2, 0.25) is 29.5 Å². The van der Waals surface area contributed by atoms with Gasteiger partial charge in [-0.05, 0) is 98.6 Å². The maximum atomic E-state index is 14.8. The summed E-state index contributed by atoms with van der Waals surface area (Å²) in [5.74, 6) is 4.78. The molecule has 2 aromatic rings. The molecule has 4 fully saturated rings. The minimum Gasteiger partial charge on any atom is -0.356 e. The van der Waals surface area contributed by atoms with Gasteiger partial charge in [-0.2, -0.15) is 0 Å². The van der Waals surface area contributed by atoms with Crippen molar-refractivity contribution >= 4 is 52.7 Å². The molecule has 6 amide bonds. The lowest BCUT2D eigenvalue weighted by Gasteiger charge is -2.50. The Hall–Kier alpha value is -5.25. The van der Waals surface area contributed by atoms with Gasteiger partial charge in [-0.15, -0.1) is 0 Å². The fourth-order valence-electron chi connectivity index (χ4n) is 12.1. The van der Waals surface area contributed by atoms with Crippen molar-refractivity contribution in [3.05, 3.63) is 88.0 Å². The maximum absolute atomic E-state index is 14.8. The lowest BCUT2D eigenvalue weighted by atomic mass is 9.50. The number of carbonyl (C=O) groups excluding carboxylic acids is 6. The first-order valence-electron chi connectivity index (χ1n) is 22.5. The van der Waals surface area contributed by atoms with Crippen LogP contribution < -0.4 is 26.6 Å². The van der Waals surface area contributed by atoms with Crippen LogP contribution in [0.1, 0.15) is 124 Å². The maximum Gasteiger partial charge on any atom is 0.255 e. The summed E-state index contributed by atoms with van der Waals surface area (Å²) in [6, 6.07) is 9.76. The Morgan fingerprint density at radius 2 is 1.76 bits per heavy atom. The predicted octanol–water partition coefficient (Wildman–Crippen LogP) is 5.73. The molecule has 4 aliphatic heterocycles. The summed E-state index contributed by atoms with van der Waals surface area (Å²) in [6.45, 7) is 2.95. The fraction of sp³-hybridized carbons (Fsp3) is 0.510. The van der Waals surface area contributed by atoms with Crippen LogP contribution in [0.25, 0.3) is 0 Å². The Balaban J connectivity index is 0.803. The zero-order valence-electron chi connectivity index (χ0n) is 35.2. The molecule has 5 atom stereocenters. The van der Waals surface area contributed by atoms with Crippen LogP contribution in [0, 0.1) is 29.1 Å². The molecule has 9 rings (SSSR count). The Morgan fingerprint density at radius 3 is 2.52 bits per heavy atom. The molecule has 62 heavy (non-hydrogen) atoms. The molecule has 3 aliphatic carbocycles. The van der Waals surface area contributed by atoms with E-state index in [4.69, 9.17) is 11.6 Å². The van der Waals surface area contributed by atoms with E-state index in [1.54, 1.807) is 12.1 Å². The van der Waals surface area contributed by atoms with Gasteiger partial charge < -0.3 is 20.9 Å². The number of nitrogens with one attached hydrogen (secondary N) is 5. The summed E-state index contributed by atoms with van der Waals surface area (Å²) >= 11 is 6.48. The number of fused-ring (bicyclic) bond motifs is 4. The second kappa shape index (κ2) is 16.8. The molecular formula is C49H55ClN6O6. The molecular weight excluding hydrogens is 804 g/mol. The molecule has 13 heteroatoms. The van der Waals surface area contributed by atoms with Gasteiger partial charge in [-0.1, -0.05) is 86.1 Å². The van der Waals surface area contributed by atoms with E-state index in [9.17, 15) is 28.8 Å². The minimum absolute atomic E-state index is 0.0189. The van der Waals surface area contributed by atoms with Crippen molar-refractivity contribution in [2.45, 2.75) is 132 Å². The highest BCUT2D eigenvalue weighted by molar-refractivity contribution is 6.31. The smallest absolute Gasteiger partial charge is 0.255 e. The summed E-state index contributed by atoms with van der Waals surface area (Å²) in [6.07, 6.45) is 18.2. The Bertz CT molecular complexity index is 2330. The average Bonchev–Trinajstić information content (AvgIpc) is 3.86. The van der Waals surface area contributed by atoms with E-state index in [0.717, 1.165) is 54.5 Å². The number of unbranched alkanes of at least 4 members (excludes halogenated alkanes) is 1. The van der Waals surface area contributed by atoms with Crippen molar-refractivity contribution in [3.63, 3.8) is 0 Å². The van der Waals surface area contributed by atoms with Crippen molar-refractivity contribution < 1.29 is 28.8 Å². The topological polar surface area (TPSA) is 166 Å². The van der Waals surface area contributed by atoms with Gasteiger partial charge >= 0.3 is 0 Å². The van der Waals surface area contributed by atoms with Gasteiger partial charge in [0.15, 0.2) is 0 Å². The summed E-state index contributed by atoms with van der Waals surface area (Å²) in [7, 11) is 0. The largest absolute Gasteiger partial charge is 0.356 e. The molecule has 12 nitrogen and oxygen atoms in total. The normalized spacial score (nSPS) is 30.7. The second-order valence-corrected chi connectivity index (χ2v) is 19.1. The Kier molecular flexibility index (Phi) is 11.4. The minimum atomic E-state index is -0.968.